The Hall–Kier alpha value is -1.19. The van der Waals surface area contributed by atoms with Crippen molar-refractivity contribution in [1.82, 2.24) is 4.98 Å². The Balaban J connectivity index is 1.97. The Kier molecular flexibility index (Phi) is 4.50. The molecule has 0 aliphatic carbocycles. The Morgan fingerprint density at radius 1 is 1.06 bits per heavy atom. The number of nitrogens with two attached hydrogens (primary N) is 1. The summed E-state index contributed by atoms with van der Waals surface area (Å²) >= 11 is 1.82. The van der Waals surface area contributed by atoms with Crippen LogP contribution in [0.3, 0.4) is 0 Å². The van der Waals surface area contributed by atoms with Crippen LogP contribution in [-0.2, 0) is 19.3 Å². The van der Waals surface area contributed by atoms with E-state index in [4.69, 9.17) is 5.73 Å². The first-order chi connectivity index (χ1) is 8.69. The van der Waals surface area contributed by atoms with Crippen LogP contribution in [0.4, 0.5) is 0 Å². The van der Waals surface area contributed by atoms with E-state index >= 15 is 0 Å². The predicted molar refractivity (Wildman–Crippen MR) is 78.2 cm³/mol. The average molecular weight is 260 g/mol. The second-order valence-electron chi connectivity index (χ2n) is 4.64. The van der Waals surface area contributed by atoms with E-state index in [-0.39, 0.29) is 0 Å². The van der Waals surface area contributed by atoms with Crippen LogP contribution < -0.4 is 5.73 Å². The highest BCUT2D eigenvalue weighted by molar-refractivity contribution is 7.11. The highest BCUT2D eigenvalue weighted by Gasteiger charge is 2.06. The van der Waals surface area contributed by atoms with Crippen molar-refractivity contribution in [3.05, 3.63) is 51.0 Å². The van der Waals surface area contributed by atoms with Crippen molar-refractivity contribution < 1.29 is 0 Å². The monoisotopic (exact) mass is 260 g/mol. The number of aryl methyl sites for hydroxylation is 4. The SMILES string of the molecule is Cc1ccc(CCc2nc(C)c(CCN)s2)cc1. The highest BCUT2D eigenvalue weighted by Crippen LogP contribution is 2.20. The molecule has 0 saturated heterocycles. The van der Waals surface area contributed by atoms with Crippen molar-refractivity contribution in [2.24, 2.45) is 5.73 Å². The zero-order chi connectivity index (χ0) is 13.0. The van der Waals surface area contributed by atoms with Gasteiger partial charge in [-0.2, -0.15) is 0 Å². The summed E-state index contributed by atoms with van der Waals surface area (Å²) in [5.41, 5.74) is 9.45. The lowest BCUT2D eigenvalue weighted by molar-refractivity contribution is 0.928. The molecule has 0 bridgehead atoms. The fraction of sp³-hybridized carbons (Fsp3) is 0.400. The van der Waals surface area contributed by atoms with Gasteiger partial charge in [0.25, 0.3) is 0 Å². The third-order valence-electron chi connectivity index (χ3n) is 3.06. The first-order valence-corrected chi connectivity index (χ1v) is 7.21. The molecule has 18 heavy (non-hydrogen) atoms. The quantitative estimate of drug-likeness (QED) is 0.897. The molecule has 2 nitrogen and oxygen atoms in total. The van der Waals surface area contributed by atoms with E-state index in [1.165, 1.54) is 21.0 Å². The maximum Gasteiger partial charge on any atom is 0.0934 e. The fourth-order valence-corrected chi connectivity index (χ4v) is 3.05. The van der Waals surface area contributed by atoms with Gasteiger partial charge < -0.3 is 5.73 Å². The first-order valence-electron chi connectivity index (χ1n) is 6.40. The number of hydrogen-bond acceptors (Lipinski definition) is 3. The van der Waals surface area contributed by atoms with Crippen molar-refractivity contribution in [3.8, 4) is 0 Å². The van der Waals surface area contributed by atoms with Crippen LogP contribution in [-0.4, -0.2) is 11.5 Å². The van der Waals surface area contributed by atoms with E-state index in [1.54, 1.807) is 0 Å². The van der Waals surface area contributed by atoms with Crippen LogP contribution >= 0.6 is 11.3 Å². The molecule has 0 amide bonds. The second-order valence-corrected chi connectivity index (χ2v) is 5.81. The van der Waals surface area contributed by atoms with Gasteiger partial charge in [-0.1, -0.05) is 29.8 Å². The van der Waals surface area contributed by atoms with Gasteiger partial charge in [-0.25, -0.2) is 4.98 Å². The van der Waals surface area contributed by atoms with Crippen LogP contribution in [0.15, 0.2) is 24.3 Å². The minimum atomic E-state index is 0.709. The van der Waals surface area contributed by atoms with Gasteiger partial charge >= 0.3 is 0 Å². The summed E-state index contributed by atoms with van der Waals surface area (Å²) in [5.74, 6) is 0. The Morgan fingerprint density at radius 2 is 1.78 bits per heavy atom. The average Bonchev–Trinajstić information content (AvgIpc) is 2.70. The molecule has 0 aliphatic rings. The summed E-state index contributed by atoms with van der Waals surface area (Å²) in [7, 11) is 0. The van der Waals surface area contributed by atoms with Gasteiger partial charge in [0, 0.05) is 11.3 Å². The van der Waals surface area contributed by atoms with Crippen molar-refractivity contribution in [2.45, 2.75) is 33.1 Å². The van der Waals surface area contributed by atoms with Gasteiger partial charge in [0.05, 0.1) is 10.7 Å². The Morgan fingerprint density at radius 3 is 2.44 bits per heavy atom. The molecule has 1 aromatic carbocycles. The fourth-order valence-electron chi connectivity index (χ4n) is 1.96. The summed E-state index contributed by atoms with van der Waals surface area (Å²) in [4.78, 5) is 5.97. The van der Waals surface area contributed by atoms with Crippen molar-refractivity contribution in [1.29, 1.82) is 0 Å². The Bertz CT molecular complexity index is 500. The molecular weight excluding hydrogens is 240 g/mol. The van der Waals surface area contributed by atoms with Crippen LogP contribution in [0.5, 0.6) is 0 Å². The van der Waals surface area contributed by atoms with Gasteiger partial charge in [0.1, 0.15) is 0 Å². The number of nitrogens with zero attached hydrogens (tertiary/aromatic N) is 1. The standard InChI is InChI=1S/C15H20N2S/c1-11-3-5-13(6-4-11)7-8-15-17-12(2)14(18-15)9-10-16/h3-6H,7-10,16H2,1-2H3. The zero-order valence-electron chi connectivity index (χ0n) is 11.1. The van der Waals surface area contributed by atoms with E-state index in [0.717, 1.165) is 25.0 Å². The Labute approximate surface area is 113 Å². The van der Waals surface area contributed by atoms with Crippen LogP contribution in [0.2, 0.25) is 0 Å². The van der Waals surface area contributed by atoms with Gasteiger partial charge in [-0.15, -0.1) is 11.3 Å². The van der Waals surface area contributed by atoms with Gasteiger partial charge in [-0.3, -0.25) is 0 Å². The molecule has 1 aromatic heterocycles. The third-order valence-corrected chi connectivity index (χ3v) is 4.33. The van der Waals surface area contributed by atoms with E-state index in [2.05, 4.69) is 43.1 Å². The van der Waals surface area contributed by atoms with Crippen molar-refractivity contribution >= 4 is 11.3 Å². The van der Waals surface area contributed by atoms with Crippen LogP contribution in [0, 0.1) is 13.8 Å². The number of hydrogen-bond donors (Lipinski definition) is 1. The van der Waals surface area contributed by atoms with E-state index in [0.29, 0.717) is 6.54 Å². The molecule has 2 N–H and O–H groups in total. The molecule has 96 valence electrons. The van der Waals surface area contributed by atoms with Gasteiger partial charge in [0.2, 0.25) is 0 Å². The van der Waals surface area contributed by atoms with E-state index in [1.807, 2.05) is 11.3 Å². The maximum atomic E-state index is 5.60. The second kappa shape index (κ2) is 6.12. The summed E-state index contributed by atoms with van der Waals surface area (Å²) in [6.07, 6.45) is 3.04. The molecule has 2 aromatic rings. The summed E-state index contributed by atoms with van der Waals surface area (Å²) < 4.78 is 0. The molecule has 1 heterocycles. The molecule has 0 atom stereocenters. The zero-order valence-corrected chi connectivity index (χ0v) is 11.9. The predicted octanol–water partition coefficient (Wildman–Crippen LogP) is 3.05. The lowest BCUT2D eigenvalue weighted by Gasteiger charge is -1.99. The summed E-state index contributed by atoms with van der Waals surface area (Å²) in [5, 5.41) is 1.23. The van der Waals surface area contributed by atoms with Crippen LogP contribution in [0.25, 0.3) is 0 Å². The topological polar surface area (TPSA) is 38.9 Å². The minimum absolute atomic E-state index is 0.709. The number of thiazole rings is 1. The molecule has 0 spiro atoms. The molecule has 0 aliphatic heterocycles. The molecule has 0 radical (unpaired) electrons. The molecular formula is C15H20N2S. The maximum absolute atomic E-state index is 5.60. The highest BCUT2D eigenvalue weighted by atomic mass is 32.1. The first kappa shape index (κ1) is 13.2. The summed E-state index contributed by atoms with van der Waals surface area (Å²) in [6.45, 7) is 4.91. The molecule has 2 rings (SSSR count). The van der Waals surface area contributed by atoms with Crippen molar-refractivity contribution in [3.63, 3.8) is 0 Å². The largest absolute Gasteiger partial charge is 0.330 e. The lowest BCUT2D eigenvalue weighted by Crippen LogP contribution is -2.01. The lowest BCUT2D eigenvalue weighted by atomic mass is 10.1. The number of rotatable bonds is 5. The number of benzene rings is 1. The molecule has 0 saturated carbocycles. The molecule has 3 heteroatoms. The third kappa shape index (κ3) is 3.40. The molecule has 0 fully saturated rings. The molecule has 0 unspecified atom stereocenters. The summed E-state index contributed by atoms with van der Waals surface area (Å²) in [6, 6.07) is 8.75. The van der Waals surface area contributed by atoms with E-state index in [9.17, 15) is 0 Å². The minimum Gasteiger partial charge on any atom is -0.330 e. The van der Waals surface area contributed by atoms with E-state index < -0.39 is 0 Å². The van der Waals surface area contributed by atoms with Crippen molar-refractivity contribution in [2.75, 3.05) is 6.54 Å². The van der Waals surface area contributed by atoms with Gasteiger partial charge in [-0.05, 0) is 38.8 Å². The van der Waals surface area contributed by atoms with Crippen LogP contribution in [0.1, 0.15) is 26.7 Å². The smallest absolute Gasteiger partial charge is 0.0934 e. The van der Waals surface area contributed by atoms with Gasteiger partial charge in [0.15, 0.2) is 0 Å². The normalized spacial score (nSPS) is 10.8. The number of aromatic nitrogens is 1.